The summed E-state index contributed by atoms with van der Waals surface area (Å²) in [6.07, 6.45) is 0. The number of nitrogens with two attached hydrogens (primary N) is 1. The Kier molecular flexibility index (Phi) is 3.39. The molecule has 0 heterocycles. The molecule has 0 saturated carbocycles. The molecule has 78 valence electrons. The van der Waals surface area contributed by atoms with E-state index in [9.17, 15) is 4.39 Å². The van der Waals surface area contributed by atoms with E-state index in [0.717, 1.165) is 0 Å². The maximum Gasteiger partial charge on any atom is 0.147 e. The molecule has 0 bridgehead atoms. The van der Waals surface area contributed by atoms with E-state index in [2.05, 4.69) is 0 Å². The average molecular weight is 215 g/mol. The van der Waals surface area contributed by atoms with Gasteiger partial charge in [0.2, 0.25) is 0 Å². The number of aliphatic hydroxyl groups is 1. The first-order valence-corrected chi connectivity index (χ1v) is 5.12. The van der Waals surface area contributed by atoms with Gasteiger partial charge in [0.05, 0.1) is 12.3 Å². The van der Waals surface area contributed by atoms with E-state index in [1.165, 1.54) is 17.8 Å². The molecule has 0 amide bonds. The molecule has 0 aromatic heterocycles. The van der Waals surface area contributed by atoms with E-state index < -0.39 is 5.82 Å². The number of halogens is 1. The Labute approximate surface area is 87.3 Å². The maximum absolute atomic E-state index is 13.1. The first kappa shape index (κ1) is 11.3. The van der Waals surface area contributed by atoms with E-state index in [4.69, 9.17) is 10.8 Å². The number of hydrogen-bond acceptors (Lipinski definition) is 3. The molecule has 0 aliphatic heterocycles. The fourth-order valence-electron chi connectivity index (χ4n) is 0.936. The second-order valence-electron chi connectivity index (χ2n) is 3.67. The second-order valence-corrected chi connectivity index (χ2v) is 5.42. The number of thioether (sulfide) groups is 1. The summed E-state index contributed by atoms with van der Waals surface area (Å²) in [6, 6.07) is 4.69. The van der Waals surface area contributed by atoms with E-state index in [0.29, 0.717) is 4.90 Å². The van der Waals surface area contributed by atoms with Gasteiger partial charge in [0.15, 0.2) is 0 Å². The third-order valence-corrected chi connectivity index (χ3v) is 3.04. The Morgan fingerprint density at radius 1 is 1.50 bits per heavy atom. The minimum Gasteiger partial charge on any atom is -0.395 e. The van der Waals surface area contributed by atoms with Crippen molar-refractivity contribution in [1.82, 2.24) is 0 Å². The van der Waals surface area contributed by atoms with Gasteiger partial charge in [-0.25, -0.2) is 4.39 Å². The van der Waals surface area contributed by atoms with Crippen LogP contribution in [0.2, 0.25) is 0 Å². The molecule has 0 radical (unpaired) electrons. The molecule has 0 atom stereocenters. The topological polar surface area (TPSA) is 46.2 Å². The Morgan fingerprint density at radius 3 is 2.71 bits per heavy atom. The number of aliphatic hydroxyl groups excluding tert-OH is 1. The lowest BCUT2D eigenvalue weighted by Gasteiger charge is -2.21. The van der Waals surface area contributed by atoms with Gasteiger partial charge in [-0.2, -0.15) is 0 Å². The van der Waals surface area contributed by atoms with Crippen molar-refractivity contribution in [1.29, 1.82) is 0 Å². The number of rotatable bonds is 3. The smallest absolute Gasteiger partial charge is 0.147 e. The van der Waals surface area contributed by atoms with Crippen LogP contribution in [0, 0.1) is 5.82 Å². The Morgan fingerprint density at radius 2 is 2.14 bits per heavy atom. The van der Waals surface area contributed by atoms with Crippen molar-refractivity contribution in [2.75, 3.05) is 12.3 Å². The molecule has 4 heteroatoms. The van der Waals surface area contributed by atoms with Crippen molar-refractivity contribution in [3.05, 3.63) is 24.0 Å². The van der Waals surface area contributed by atoms with Gasteiger partial charge in [0, 0.05) is 9.64 Å². The summed E-state index contributed by atoms with van der Waals surface area (Å²) in [7, 11) is 0. The largest absolute Gasteiger partial charge is 0.395 e. The molecule has 0 aliphatic rings. The van der Waals surface area contributed by atoms with Crippen LogP contribution in [0.25, 0.3) is 0 Å². The number of nitrogen functional groups attached to an aromatic ring is 1. The minimum atomic E-state index is -0.413. The molecule has 0 spiro atoms. The normalized spacial score (nSPS) is 11.7. The summed E-state index contributed by atoms with van der Waals surface area (Å²) in [5, 5.41) is 9.06. The molecular weight excluding hydrogens is 201 g/mol. The summed E-state index contributed by atoms with van der Waals surface area (Å²) < 4.78 is 12.7. The third-order valence-electron chi connectivity index (χ3n) is 1.78. The molecular formula is C10H14FNOS. The molecule has 0 saturated heterocycles. The Balaban J connectivity index is 2.92. The Bertz CT molecular complexity index is 328. The molecule has 2 nitrogen and oxygen atoms in total. The first-order valence-electron chi connectivity index (χ1n) is 4.30. The third kappa shape index (κ3) is 2.62. The van der Waals surface area contributed by atoms with Gasteiger partial charge in [-0.15, -0.1) is 11.8 Å². The van der Waals surface area contributed by atoms with Gasteiger partial charge in [-0.05, 0) is 26.0 Å². The zero-order valence-corrected chi connectivity index (χ0v) is 9.07. The van der Waals surface area contributed by atoms with Crippen LogP contribution in [0.4, 0.5) is 10.1 Å². The Hall–Kier alpha value is -0.740. The molecule has 0 unspecified atom stereocenters. The predicted octanol–water partition coefficient (Wildman–Crippen LogP) is 2.27. The van der Waals surface area contributed by atoms with Gasteiger partial charge in [0.25, 0.3) is 0 Å². The summed E-state index contributed by atoms with van der Waals surface area (Å²) in [4.78, 5) is 0.670. The highest BCUT2D eigenvalue weighted by Gasteiger charge is 2.20. The highest BCUT2D eigenvalue weighted by molar-refractivity contribution is 8.00. The SMILES string of the molecule is CC(C)(CO)Sc1cccc(F)c1N. The van der Waals surface area contributed by atoms with Crippen molar-refractivity contribution in [3.63, 3.8) is 0 Å². The van der Waals surface area contributed by atoms with Crippen molar-refractivity contribution in [2.45, 2.75) is 23.5 Å². The summed E-state index contributed by atoms with van der Waals surface area (Å²) in [5.74, 6) is -0.413. The van der Waals surface area contributed by atoms with Crippen LogP contribution in [0.3, 0.4) is 0 Å². The van der Waals surface area contributed by atoms with Crippen LogP contribution in [-0.2, 0) is 0 Å². The van der Waals surface area contributed by atoms with E-state index >= 15 is 0 Å². The lowest BCUT2D eigenvalue weighted by Crippen LogP contribution is -2.20. The lowest BCUT2D eigenvalue weighted by molar-refractivity contribution is 0.265. The van der Waals surface area contributed by atoms with Crippen molar-refractivity contribution in [3.8, 4) is 0 Å². The monoisotopic (exact) mass is 215 g/mol. The summed E-state index contributed by atoms with van der Waals surface area (Å²) in [6.45, 7) is 3.78. The molecule has 0 aliphatic carbocycles. The highest BCUT2D eigenvalue weighted by Crippen LogP contribution is 2.36. The zero-order chi connectivity index (χ0) is 10.8. The van der Waals surface area contributed by atoms with Gasteiger partial charge in [0.1, 0.15) is 5.82 Å². The molecule has 3 N–H and O–H groups in total. The lowest BCUT2D eigenvalue weighted by atomic mass is 10.2. The predicted molar refractivity (Wildman–Crippen MR) is 57.8 cm³/mol. The molecule has 1 aromatic rings. The second kappa shape index (κ2) is 4.19. The molecule has 1 rings (SSSR count). The fourth-order valence-corrected chi connectivity index (χ4v) is 1.95. The standard InChI is InChI=1S/C10H14FNOS/c1-10(2,6-13)14-8-5-3-4-7(11)9(8)12/h3-5,13H,6,12H2,1-2H3. The average Bonchev–Trinajstić information content (AvgIpc) is 2.13. The van der Waals surface area contributed by atoms with Gasteiger partial charge >= 0.3 is 0 Å². The molecule has 1 aromatic carbocycles. The molecule has 0 fully saturated rings. The van der Waals surface area contributed by atoms with Crippen LogP contribution in [0.1, 0.15) is 13.8 Å². The fraction of sp³-hybridized carbons (Fsp3) is 0.400. The number of benzene rings is 1. The highest BCUT2D eigenvalue weighted by atomic mass is 32.2. The van der Waals surface area contributed by atoms with Crippen LogP contribution >= 0.6 is 11.8 Å². The van der Waals surface area contributed by atoms with Crippen molar-refractivity contribution >= 4 is 17.4 Å². The van der Waals surface area contributed by atoms with E-state index in [-0.39, 0.29) is 17.0 Å². The quantitative estimate of drug-likeness (QED) is 0.600. The van der Waals surface area contributed by atoms with Crippen molar-refractivity contribution < 1.29 is 9.50 Å². The number of hydrogen-bond donors (Lipinski definition) is 2. The van der Waals surface area contributed by atoms with E-state index in [1.54, 1.807) is 12.1 Å². The first-order chi connectivity index (χ1) is 6.46. The summed E-state index contributed by atoms with van der Waals surface area (Å²) in [5.41, 5.74) is 5.72. The van der Waals surface area contributed by atoms with Gasteiger partial charge in [-0.1, -0.05) is 6.07 Å². The van der Waals surface area contributed by atoms with Gasteiger partial charge in [-0.3, -0.25) is 0 Å². The minimum absolute atomic E-state index is 0.0214. The number of para-hydroxylation sites is 1. The van der Waals surface area contributed by atoms with Gasteiger partial charge < -0.3 is 10.8 Å². The van der Waals surface area contributed by atoms with Crippen molar-refractivity contribution in [2.24, 2.45) is 0 Å². The van der Waals surface area contributed by atoms with Crippen LogP contribution in [-0.4, -0.2) is 16.5 Å². The van der Waals surface area contributed by atoms with Crippen LogP contribution in [0.5, 0.6) is 0 Å². The van der Waals surface area contributed by atoms with Crippen LogP contribution in [0.15, 0.2) is 23.1 Å². The summed E-state index contributed by atoms with van der Waals surface area (Å²) >= 11 is 1.37. The van der Waals surface area contributed by atoms with Crippen LogP contribution < -0.4 is 5.73 Å². The molecule has 14 heavy (non-hydrogen) atoms. The maximum atomic E-state index is 13.1. The van der Waals surface area contributed by atoms with E-state index in [1.807, 2.05) is 13.8 Å². The number of anilines is 1. The zero-order valence-electron chi connectivity index (χ0n) is 8.25.